The van der Waals surface area contributed by atoms with Gasteiger partial charge in [0, 0.05) is 12.7 Å². The Morgan fingerprint density at radius 3 is 2.52 bits per heavy atom. The van der Waals surface area contributed by atoms with E-state index in [0.717, 1.165) is 11.3 Å². The predicted molar refractivity (Wildman–Crippen MR) is 81.0 cm³/mol. The molecule has 0 bridgehead atoms. The van der Waals surface area contributed by atoms with Crippen molar-refractivity contribution in [1.82, 2.24) is 15.1 Å². The van der Waals surface area contributed by atoms with Gasteiger partial charge in [-0.1, -0.05) is 44.2 Å². The molecule has 1 amide bonds. The molecule has 21 heavy (non-hydrogen) atoms. The molecule has 0 spiro atoms. The number of aliphatic hydroxyl groups is 1. The number of benzene rings is 1. The van der Waals surface area contributed by atoms with Gasteiger partial charge in [0.2, 0.25) is 0 Å². The lowest BCUT2D eigenvalue weighted by Gasteiger charge is -2.15. The number of carbonyl (C=O) groups is 1. The number of nitrogens with one attached hydrogen (secondary N) is 1. The third-order valence-electron chi connectivity index (χ3n) is 3.43. The largest absolute Gasteiger partial charge is 0.394 e. The monoisotopic (exact) mass is 287 g/mol. The van der Waals surface area contributed by atoms with E-state index in [4.69, 9.17) is 0 Å². The van der Waals surface area contributed by atoms with Crippen molar-refractivity contribution >= 4 is 5.91 Å². The summed E-state index contributed by atoms with van der Waals surface area (Å²) in [6.07, 6.45) is 0. The zero-order chi connectivity index (χ0) is 15.4. The summed E-state index contributed by atoms with van der Waals surface area (Å²) < 4.78 is 1.72. The van der Waals surface area contributed by atoms with Gasteiger partial charge in [-0.3, -0.25) is 9.48 Å². The number of aliphatic hydroxyl groups excluding tert-OH is 1. The summed E-state index contributed by atoms with van der Waals surface area (Å²) in [6, 6.07) is 10.8. The van der Waals surface area contributed by atoms with E-state index in [-0.39, 0.29) is 12.5 Å². The summed E-state index contributed by atoms with van der Waals surface area (Å²) in [7, 11) is 1.83. The molecule has 5 heteroatoms. The van der Waals surface area contributed by atoms with Crippen LogP contribution in [0.4, 0.5) is 0 Å². The van der Waals surface area contributed by atoms with Crippen LogP contribution < -0.4 is 5.32 Å². The lowest BCUT2D eigenvalue weighted by atomic mass is 10.1. The normalized spacial score (nSPS) is 12.4. The van der Waals surface area contributed by atoms with Crippen LogP contribution in [0.2, 0.25) is 0 Å². The number of amides is 1. The molecule has 1 aromatic heterocycles. The van der Waals surface area contributed by atoms with Crippen molar-refractivity contribution in [3.8, 4) is 0 Å². The van der Waals surface area contributed by atoms with Gasteiger partial charge >= 0.3 is 0 Å². The second-order valence-electron chi connectivity index (χ2n) is 5.35. The fourth-order valence-corrected chi connectivity index (χ4v) is 2.28. The third kappa shape index (κ3) is 3.49. The SMILES string of the molecule is CC(C)c1cc(C(=O)NC(CO)c2ccccc2)nn1C. The second kappa shape index (κ2) is 6.54. The molecule has 112 valence electrons. The van der Waals surface area contributed by atoms with Gasteiger partial charge in [-0.25, -0.2) is 0 Å². The van der Waals surface area contributed by atoms with Crippen LogP contribution in [0, 0.1) is 0 Å². The molecule has 0 fully saturated rings. The first kappa shape index (κ1) is 15.3. The number of hydrogen-bond acceptors (Lipinski definition) is 3. The Hall–Kier alpha value is -2.14. The van der Waals surface area contributed by atoms with Crippen LogP contribution in [-0.4, -0.2) is 27.4 Å². The molecule has 0 saturated heterocycles. The fraction of sp³-hybridized carbons (Fsp3) is 0.375. The van der Waals surface area contributed by atoms with Gasteiger partial charge < -0.3 is 10.4 Å². The van der Waals surface area contributed by atoms with E-state index < -0.39 is 6.04 Å². The number of nitrogens with zero attached hydrogens (tertiary/aromatic N) is 2. The molecular weight excluding hydrogens is 266 g/mol. The summed E-state index contributed by atoms with van der Waals surface area (Å²) in [6.45, 7) is 3.96. The van der Waals surface area contributed by atoms with E-state index in [1.54, 1.807) is 10.7 Å². The Balaban J connectivity index is 2.15. The first-order valence-electron chi connectivity index (χ1n) is 7.03. The quantitative estimate of drug-likeness (QED) is 0.884. The maximum Gasteiger partial charge on any atom is 0.272 e. The van der Waals surface area contributed by atoms with Crippen LogP contribution in [0.3, 0.4) is 0 Å². The molecule has 1 atom stereocenters. The Morgan fingerprint density at radius 1 is 1.33 bits per heavy atom. The van der Waals surface area contributed by atoms with Gasteiger partial charge in [-0.15, -0.1) is 0 Å². The Labute approximate surface area is 124 Å². The van der Waals surface area contributed by atoms with E-state index in [0.29, 0.717) is 11.6 Å². The number of hydrogen-bond donors (Lipinski definition) is 2. The number of carbonyl (C=O) groups excluding carboxylic acids is 1. The molecule has 2 aromatic rings. The van der Waals surface area contributed by atoms with Crippen LogP contribution in [0.1, 0.15) is 47.6 Å². The molecule has 0 radical (unpaired) electrons. The molecule has 0 aliphatic carbocycles. The van der Waals surface area contributed by atoms with Crippen molar-refractivity contribution in [2.24, 2.45) is 7.05 Å². The highest BCUT2D eigenvalue weighted by Crippen LogP contribution is 2.16. The fourth-order valence-electron chi connectivity index (χ4n) is 2.28. The van der Waals surface area contributed by atoms with Gasteiger partial charge in [-0.05, 0) is 17.5 Å². The van der Waals surface area contributed by atoms with E-state index in [2.05, 4.69) is 24.3 Å². The highest BCUT2D eigenvalue weighted by molar-refractivity contribution is 5.92. The van der Waals surface area contributed by atoms with Crippen molar-refractivity contribution in [1.29, 1.82) is 0 Å². The minimum Gasteiger partial charge on any atom is -0.394 e. The smallest absolute Gasteiger partial charge is 0.272 e. The number of aromatic nitrogens is 2. The molecular formula is C16H21N3O2. The van der Waals surface area contributed by atoms with Gasteiger partial charge in [0.15, 0.2) is 0 Å². The zero-order valence-electron chi connectivity index (χ0n) is 12.6. The van der Waals surface area contributed by atoms with Crippen molar-refractivity contribution in [2.45, 2.75) is 25.8 Å². The predicted octanol–water partition coefficient (Wildman–Crippen LogP) is 2.01. The van der Waals surface area contributed by atoms with Crippen LogP contribution in [0.5, 0.6) is 0 Å². The maximum absolute atomic E-state index is 12.3. The standard InChI is InChI=1S/C16H21N3O2/c1-11(2)15-9-13(18-19(15)3)16(21)17-14(10-20)12-7-5-4-6-8-12/h4-9,11,14,20H,10H2,1-3H3,(H,17,21). The van der Waals surface area contributed by atoms with Crippen molar-refractivity contribution in [3.05, 3.63) is 53.3 Å². The van der Waals surface area contributed by atoms with Gasteiger partial charge in [0.1, 0.15) is 5.69 Å². The minimum atomic E-state index is -0.428. The maximum atomic E-state index is 12.3. The molecule has 0 saturated carbocycles. The molecule has 0 aliphatic rings. The lowest BCUT2D eigenvalue weighted by molar-refractivity contribution is 0.0910. The summed E-state index contributed by atoms with van der Waals surface area (Å²) in [5.74, 6) is 0.0206. The first-order valence-corrected chi connectivity index (χ1v) is 7.03. The summed E-state index contributed by atoms with van der Waals surface area (Å²) >= 11 is 0. The average Bonchev–Trinajstić information content (AvgIpc) is 2.87. The molecule has 2 N–H and O–H groups in total. The van der Waals surface area contributed by atoms with Gasteiger partial charge in [-0.2, -0.15) is 5.10 Å². The third-order valence-corrected chi connectivity index (χ3v) is 3.43. The summed E-state index contributed by atoms with van der Waals surface area (Å²) in [5.41, 5.74) is 2.24. The minimum absolute atomic E-state index is 0.153. The van der Waals surface area contributed by atoms with Crippen LogP contribution in [-0.2, 0) is 7.05 Å². The second-order valence-corrected chi connectivity index (χ2v) is 5.35. The molecule has 2 rings (SSSR count). The number of aryl methyl sites for hydroxylation is 1. The van der Waals surface area contributed by atoms with E-state index in [1.165, 1.54) is 0 Å². The van der Waals surface area contributed by atoms with Gasteiger partial charge in [0.25, 0.3) is 5.91 Å². The highest BCUT2D eigenvalue weighted by atomic mass is 16.3. The summed E-state index contributed by atoms with van der Waals surface area (Å²) in [5, 5.41) is 16.5. The zero-order valence-corrected chi connectivity index (χ0v) is 12.6. The van der Waals surface area contributed by atoms with E-state index in [1.807, 2.05) is 37.4 Å². The molecule has 1 heterocycles. The van der Waals surface area contributed by atoms with E-state index >= 15 is 0 Å². The van der Waals surface area contributed by atoms with Crippen molar-refractivity contribution < 1.29 is 9.90 Å². The van der Waals surface area contributed by atoms with E-state index in [9.17, 15) is 9.90 Å². The Morgan fingerprint density at radius 2 is 2.00 bits per heavy atom. The Kier molecular flexibility index (Phi) is 4.75. The lowest BCUT2D eigenvalue weighted by Crippen LogP contribution is -2.31. The highest BCUT2D eigenvalue weighted by Gasteiger charge is 2.18. The van der Waals surface area contributed by atoms with Crippen LogP contribution in [0.25, 0.3) is 0 Å². The van der Waals surface area contributed by atoms with Gasteiger partial charge in [0.05, 0.1) is 12.6 Å². The molecule has 1 unspecified atom stereocenters. The molecule has 1 aromatic carbocycles. The van der Waals surface area contributed by atoms with Crippen molar-refractivity contribution in [3.63, 3.8) is 0 Å². The molecule has 0 aliphatic heterocycles. The topological polar surface area (TPSA) is 67.2 Å². The van der Waals surface area contributed by atoms with Crippen LogP contribution in [0.15, 0.2) is 36.4 Å². The number of rotatable bonds is 5. The average molecular weight is 287 g/mol. The Bertz CT molecular complexity index is 605. The van der Waals surface area contributed by atoms with Crippen LogP contribution >= 0.6 is 0 Å². The first-order chi connectivity index (χ1) is 10.0. The van der Waals surface area contributed by atoms with Crippen molar-refractivity contribution in [2.75, 3.05) is 6.61 Å². The molecule has 5 nitrogen and oxygen atoms in total. The summed E-state index contributed by atoms with van der Waals surface area (Å²) in [4.78, 5) is 12.3.